The smallest absolute Gasteiger partial charge is 0.0273 e. The van der Waals surface area contributed by atoms with Crippen LogP contribution < -0.4 is 0 Å². The Hall–Kier alpha value is -3.00. The number of rotatable bonds is 5. The third-order valence-corrected chi connectivity index (χ3v) is 3.77. The van der Waals surface area contributed by atoms with Gasteiger partial charge in [-0.25, -0.2) is 0 Å². The molecule has 0 bridgehead atoms. The molecule has 0 saturated heterocycles. The normalized spacial score (nSPS) is 11.7. The van der Waals surface area contributed by atoms with Crippen LogP contribution in [0.3, 0.4) is 0 Å². The van der Waals surface area contributed by atoms with Crippen LogP contribution >= 0.6 is 0 Å². The van der Waals surface area contributed by atoms with E-state index in [0.717, 1.165) is 23.1 Å². The van der Waals surface area contributed by atoms with Crippen LogP contribution in [0.2, 0.25) is 0 Å². The van der Waals surface area contributed by atoms with E-state index in [9.17, 15) is 0 Å². The molecule has 0 amide bonds. The predicted molar refractivity (Wildman–Crippen MR) is 95.6 cm³/mol. The molecule has 0 aliphatic rings. The van der Waals surface area contributed by atoms with Crippen molar-refractivity contribution in [3.8, 4) is 0 Å². The van der Waals surface area contributed by atoms with E-state index in [0.29, 0.717) is 0 Å². The maximum absolute atomic E-state index is 4.13. The molecule has 0 spiro atoms. The zero-order chi connectivity index (χ0) is 15.9. The highest BCUT2D eigenvalue weighted by atomic mass is 14.6. The van der Waals surface area contributed by atoms with E-state index < -0.39 is 0 Å². The zero-order valence-corrected chi connectivity index (χ0v) is 12.9. The van der Waals surface area contributed by atoms with Crippen LogP contribution in [-0.2, 0) is 6.42 Å². The third kappa shape index (κ3) is 3.61. The second-order valence-corrected chi connectivity index (χ2v) is 5.23. The maximum atomic E-state index is 4.13. The molecule has 2 heterocycles. The van der Waals surface area contributed by atoms with Crippen molar-refractivity contribution in [2.45, 2.75) is 6.42 Å². The Morgan fingerprint density at radius 3 is 1.91 bits per heavy atom. The topological polar surface area (TPSA) is 25.8 Å². The summed E-state index contributed by atoms with van der Waals surface area (Å²) in [5.41, 5.74) is 5.92. The summed E-state index contributed by atoms with van der Waals surface area (Å²) in [6, 6.07) is 18.6. The molecule has 3 rings (SSSR count). The molecule has 0 aliphatic heterocycles. The Bertz CT molecular complexity index is 791. The summed E-state index contributed by atoms with van der Waals surface area (Å²) in [7, 11) is 0. The van der Waals surface area contributed by atoms with Gasteiger partial charge in [-0.3, -0.25) is 9.97 Å². The Labute approximate surface area is 136 Å². The summed E-state index contributed by atoms with van der Waals surface area (Å²) >= 11 is 0. The lowest BCUT2D eigenvalue weighted by molar-refractivity contribution is 1.25. The first-order chi connectivity index (χ1) is 11.4. The van der Waals surface area contributed by atoms with Gasteiger partial charge in [0.1, 0.15) is 0 Å². The predicted octanol–water partition coefficient (Wildman–Crippen LogP) is 4.82. The second kappa shape index (κ2) is 7.32. The highest BCUT2D eigenvalue weighted by molar-refractivity contribution is 5.95. The van der Waals surface area contributed by atoms with Crippen molar-refractivity contribution < 1.29 is 0 Å². The van der Waals surface area contributed by atoms with Crippen LogP contribution in [0.4, 0.5) is 0 Å². The first kappa shape index (κ1) is 14.9. The molecule has 2 heteroatoms. The fourth-order valence-corrected chi connectivity index (χ4v) is 2.65. The largest absolute Gasteiger partial charge is 0.265 e. The van der Waals surface area contributed by atoms with Gasteiger partial charge in [0.2, 0.25) is 0 Å². The molecule has 2 aromatic heterocycles. The van der Waals surface area contributed by atoms with E-state index in [2.05, 4.69) is 40.8 Å². The summed E-state index contributed by atoms with van der Waals surface area (Å²) in [6.45, 7) is 4.03. The SMILES string of the molecule is C=CC(=C(Cc1ccccc1)c1ccncc1)c1ccncc1. The van der Waals surface area contributed by atoms with Gasteiger partial charge in [-0.1, -0.05) is 43.0 Å². The fraction of sp³-hybridized carbons (Fsp3) is 0.0476. The Morgan fingerprint density at radius 1 is 0.783 bits per heavy atom. The fourth-order valence-electron chi connectivity index (χ4n) is 2.65. The average Bonchev–Trinajstić information content (AvgIpc) is 2.64. The van der Waals surface area contributed by atoms with Crippen molar-refractivity contribution in [2.75, 3.05) is 0 Å². The van der Waals surface area contributed by atoms with Gasteiger partial charge in [0.05, 0.1) is 0 Å². The van der Waals surface area contributed by atoms with Crippen molar-refractivity contribution in [1.82, 2.24) is 9.97 Å². The average molecular weight is 298 g/mol. The van der Waals surface area contributed by atoms with Crippen LogP contribution in [0.1, 0.15) is 16.7 Å². The van der Waals surface area contributed by atoms with E-state index in [4.69, 9.17) is 0 Å². The number of hydrogen-bond acceptors (Lipinski definition) is 2. The lowest BCUT2D eigenvalue weighted by Crippen LogP contribution is -1.96. The molecule has 23 heavy (non-hydrogen) atoms. The van der Waals surface area contributed by atoms with Crippen LogP contribution in [0.25, 0.3) is 11.1 Å². The van der Waals surface area contributed by atoms with Gasteiger partial charge in [-0.05, 0) is 58.5 Å². The summed E-state index contributed by atoms with van der Waals surface area (Å²) in [5, 5.41) is 0. The van der Waals surface area contributed by atoms with E-state index >= 15 is 0 Å². The van der Waals surface area contributed by atoms with Crippen molar-refractivity contribution in [1.29, 1.82) is 0 Å². The number of allylic oxidation sites excluding steroid dienone is 3. The highest BCUT2D eigenvalue weighted by Crippen LogP contribution is 2.29. The monoisotopic (exact) mass is 298 g/mol. The first-order valence-corrected chi connectivity index (χ1v) is 7.59. The molecule has 0 atom stereocenters. The number of nitrogens with zero attached hydrogens (tertiary/aromatic N) is 2. The van der Waals surface area contributed by atoms with Gasteiger partial charge < -0.3 is 0 Å². The van der Waals surface area contributed by atoms with E-state index in [1.54, 1.807) is 0 Å². The molecule has 2 nitrogen and oxygen atoms in total. The molecule has 3 aromatic rings. The maximum Gasteiger partial charge on any atom is 0.0273 e. The standard InChI is InChI=1S/C21H18N2/c1-2-20(18-8-12-22-13-9-18)21(19-10-14-23-15-11-19)16-17-6-4-3-5-7-17/h2-15H,1,16H2. The van der Waals surface area contributed by atoms with Crippen LogP contribution in [0.15, 0.2) is 92.0 Å². The molecule has 0 radical (unpaired) electrons. The van der Waals surface area contributed by atoms with E-state index in [1.165, 1.54) is 11.1 Å². The molecular weight excluding hydrogens is 280 g/mol. The van der Waals surface area contributed by atoms with Crippen LogP contribution in [0, 0.1) is 0 Å². The van der Waals surface area contributed by atoms with Crippen molar-refractivity contribution >= 4 is 11.1 Å². The molecule has 1 aromatic carbocycles. The number of benzene rings is 1. The van der Waals surface area contributed by atoms with Gasteiger partial charge in [0.15, 0.2) is 0 Å². The first-order valence-electron chi connectivity index (χ1n) is 7.59. The number of hydrogen-bond donors (Lipinski definition) is 0. The van der Waals surface area contributed by atoms with Crippen molar-refractivity contribution in [2.24, 2.45) is 0 Å². The summed E-state index contributed by atoms with van der Waals surface area (Å²) in [5.74, 6) is 0. The van der Waals surface area contributed by atoms with E-state index in [-0.39, 0.29) is 0 Å². The lowest BCUT2D eigenvalue weighted by Gasteiger charge is -2.14. The Morgan fingerprint density at radius 2 is 1.35 bits per heavy atom. The minimum atomic E-state index is 0.842. The molecule has 0 saturated carbocycles. The zero-order valence-electron chi connectivity index (χ0n) is 12.9. The van der Waals surface area contributed by atoms with E-state index in [1.807, 2.05) is 61.2 Å². The summed E-state index contributed by atoms with van der Waals surface area (Å²) < 4.78 is 0. The van der Waals surface area contributed by atoms with Crippen LogP contribution in [-0.4, -0.2) is 9.97 Å². The molecular formula is C21H18N2. The van der Waals surface area contributed by atoms with Gasteiger partial charge in [0, 0.05) is 24.8 Å². The van der Waals surface area contributed by atoms with Crippen LogP contribution in [0.5, 0.6) is 0 Å². The molecule has 112 valence electrons. The van der Waals surface area contributed by atoms with Gasteiger partial charge >= 0.3 is 0 Å². The molecule has 0 unspecified atom stereocenters. The molecule has 0 aliphatic carbocycles. The minimum Gasteiger partial charge on any atom is -0.265 e. The quantitative estimate of drug-likeness (QED) is 0.631. The minimum absolute atomic E-state index is 0.842. The summed E-state index contributed by atoms with van der Waals surface area (Å²) in [6.07, 6.45) is 10.0. The molecule has 0 N–H and O–H groups in total. The van der Waals surface area contributed by atoms with Gasteiger partial charge in [0.25, 0.3) is 0 Å². The third-order valence-electron chi connectivity index (χ3n) is 3.77. The lowest BCUT2D eigenvalue weighted by atomic mass is 9.91. The van der Waals surface area contributed by atoms with Crippen molar-refractivity contribution in [3.05, 3.63) is 109 Å². The van der Waals surface area contributed by atoms with Gasteiger partial charge in [-0.2, -0.15) is 0 Å². The highest BCUT2D eigenvalue weighted by Gasteiger charge is 2.10. The number of pyridine rings is 2. The molecule has 0 fully saturated rings. The van der Waals surface area contributed by atoms with Crippen molar-refractivity contribution in [3.63, 3.8) is 0 Å². The van der Waals surface area contributed by atoms with Gasteiger partial charge in [-0.15, -0.1) is 0 Å². The second-order valence-electron chi connectivity index (χ2n) is 5.23. The Balaban J connectivity index is 2.14. The number of aromatic nitrogens is 2. The summed E-state index contributed by atoms with van der Waals surface area (Å²) in [4.78, 5) is 8.25. The Kier molecular flexibility index (Phi) is 4.75.